The van der Waals surface area contributed by atoms with E-state index < -0.39 is 5.97 Å². The van der Waals surface area contributed by atoms with E-state index in [1.807, 2.05) is 0 Å². The Balaban J connectivity index is 0. The van der Waals surface area contributed by atoms with Gasteiger partial charge in [-0.3, -0.25) is 0 Å². The molecule has 0 aromatic carbocycles. The molecule has 4 N–H and O–H groups in total. The zero-order valence-electron chi connectivity index (χ0n) is 3.89. The molecule has 0 saturated heterocycles. The Morgan fingerprint density at radius 2 is 2.14 bits per heavy atom. The first kappa shape index (κ1) is 10.1. The van der Waals surface area contributed by atoms with E-state index in [2.05, 4.69) is 10.7 Å². The molecule has 0 aliphatic rings. The van der Waals surface area contributed by atoms with Gasteiger partial charge in [0.05, 0.1) is 6.54 Å². The van der Waals surface area contributed by atoms with Crippen LogP contribution in [-0.2, 0) is 29.1 Å². The zero-order chi connectivity index (χ0) is 4.99. The largest absolute Gasteiger partial charge is 0.372 e. The Morgan fingerprint density at radius 1 is 1.71 bits per heavy atom. The van der Waals surface area contributed by atoms with Gasteiger partial charge >= 0.3 is 5.97 Å². The van der Waals surface area contributed by atoms with Gasteiger partial charge in [-0.25, -0.2) is 4.79 Å². The fraction of sp³-hybridized carbons (Fsp3) is 0.500. The second-order valence-corrected chi connectivity index (χ2v) is 0.694. The molecule has 4 nitrogen and oxygen atoms in total. The van der Waals surface area contributed by atoms with Crippen LogP contribution in [-0.4, -0.2) is 12.5 Å². The maximum Gasteiger partial charge on any atom is 0.338 e. The van der Waals surface area contributed by atoms with Gasteiger partial charge < -0.3 is 10.6 Å². The van der Waals surface area contributed by atoms with E-state index in [4.69, 9.17) is 5.73 Å². The van der Waals surface area contributed by atoms with Crippen LogP contribution in [0.1, 0.15) is 0 Å². The first-order valence-electron chi connectivity index (χ1n) is 1.41. The Labute approximate surface area is 53.9 Å². The van der Waals surface area contributed by atoms with Gasteiger partial charge in [0.25, 0.3) is 0 Å². The molecule has 0 bridgehead atoms. The first-order chi connectivity index (χ1) is 2.81. The van der Waals surface area contributed by atoms with Gasteiger partial charge in [0.1, 0.15) is 0 Å². The predicted octanol–water partition coefficient (Wildman–Crippen LogP) is -1.64. The molecule has 0 fully saturated rings. The Morgan fingerprint density at radius 3 is 2.14 bits per heavy atom. The van der Waals surface area contributed by atoms with Crippen LogP contribution in [0.15, 0.2) is 0 Å². The standard InChI is InChI=1S/C2H6N2O2.Zn/c3-1-2(5)6-4;/h1,3-4H2;. The minimum absolute atomic E-state index is 0. The van der Waals surface area contributed by atoms with Crippen molar-refractivity contribution in [2.24, 2.45) is 11.6 Å². The number of rotatable bonds is 1. The van der Waals surface area contributed by atoms with Crippen molar-refractivity contribution < 1.29 is 29.1 Å². The summed E-state index contributed by atoms with van der Waals surface area (Å²) in [5.41, 5.74) is 4.73. The molecule has 0 spiro atoms. The van der Waals surface area contributed by atoms with Crippen LogP contribution in [0.2, 0.25) is 0 Å². The zero-order valence-corrected chi connectivity index (χ0v) is 6.85. The van der Waals surface area contributed by atoms with Crippen LogP contribution in [0.5, 0.6) is 0 Å². The molecule has 0 rings (SSSR count). The summed E-state index contributed by atoms with van der Waals surface area (Å²) in [4.78, 5) is 13.3. The second-order valence-electron chi connectivity index (χ2n) is 0.694. The molecule has 0 amide bonds. The summed E-state index contributed by atoms with van der Waals surface area (Å²) in [6.45, 7) is -0.156. The summed E-state index contributed by atoms with van der Waals surface area (Å²) < 4.78 is 0. The van der Waals surface area contributed by atoms with Crippen LogP contribution < -0.4 is 11.6 Å². The van der Waals surface area contributed by atoms with Crippen molar-refractivity contribution in [2.75, 3.05) is 6.54 Å². The van der Waals surface area contributed by atoms with E-state index in [1.54, 1.807) is 0 Å². The normalized spacial score (nSPS) is 6.57. The van der Waals surface area contributed by atoms with Crippen molar-refractivity contribution in [2.45, 2.75) is 0 Å². The van der Waals surface area contributed by atoms with Crippen LogP contribution in [0.4, 0.5) is 0 Å². The Bertz CT molecular complexity index is 51.7. The predicted molar refractivity (Wildman–Crippen MR) is 19.3 cm³/mol. The van der Waals surface area contributed by atoms with Gasteiger partial charge in [-0.1, -0.05) is 0 Å². The molecular formula is C2H6N2O2Zn. The van der Waals surface area contributed by atoms with Gasteiger partial charge in [-0.2, -0.15) is 5.90 Å². The molecule has 0 atom stereocenters. The van der Waals surface area contributed by atoms with Gasteiger partial charge in [0.15, 0.2) is 0 Å². The van der Waals surface area contributed by atoms with E-state index >= 15 is 0 Å². The van der Waals surface area contributed by atoms with E-state index in [-0.39, 0.29) is 26.0 Å². The summed E-state index contributed by atoms with van der Waals surface area (Å²) in [5, 5.41) is 0. The molecule has 0 aliphatic heterocycles. The third-order valence-electron chi connectivity index (χ3n) is 0.298. The first-order valence-corrected chi connectivity index (χ1v) is 1.41. The summed E-state index contributed by atoms with van der Waals surface area (Å²) in [6.07, 6.45) is 0. The number of hydrogen-bond donors (Lipinski definition) is 2. The maximum absolute atomic E-state index is 9.71. The fourth-order valence-electron chi connectivity index (χ4n) is 0.0481. The number of hydrogen-bond acceptors (Lipinski definition) is 4. The Kier molecular flexibility index (Phi) is 8.67. The summed E-state index contributed by atoms with van der Waals surface area (Å²) in [6, 6.07) is 0. The minimum atomic E-state index is -0.602. The van der Waals surface area contributed by atoms with Crippen LogP contribution in [0.25, 0.3) is 0 Å². The van der Waals surface area contributed by atoms with Crippen molar-refractivity contribution in [1.82, 2.24) is 0 Å². The van der Waals surface area contributed by atoms with Crippen molar-refractivity contribution in [3.63, 3.8) is 0 Å². The maximum atomic E-state index is 9.71. The summed E-state index contributed by atoms with van der Waals surface area (Å²) in [5.74, 6) is 3.75. The van der Waals surface area contributed by atoms with Crippen LogP contribution >= 0.6 is 0 Å². The van der Waals surface area contributed by atoms with Gasteiger partial charge in [0.2, 0.25) is 0 Å². The molecule has 5 heteroatoms. The minimum Gasteiger partial charge on any atom is -0.372 e. The molecule has 0 radical (unpaired) electrons. The quantitative estimate of drug-likeness (QED) is 0.352. The van der Waals surface area contributed by atoms with E-state index in [9.17, 15) is 4.79 Å². The second kappa shape index (κ2) is 6.01. The molecular weight excluding hydrogens is 149 g/mol. The SMILES string of the molecule is NCC(=O)ON.[Zn]. The number of carbonyl (C=O) groups excluding carboxylic acids is 1. The molecule has 0 aromatic rings. The molecule has 0 aliphatic carbocycles. The van der Waals surface area contributed by atoms with Crippen molar-refractivity contribution in [1.29, 1.82) is 0 Å². The smallest absolute Gasteiger partial charge is 0.338 e. The van der Waals surface area contributed by atoms with Crippen molar-refractivity contribution in [3.8, 4) is 0 Å². The molecule has 0 unspecified atom stereocenters. The third-order valence-corrected chi connectivity index (χ3v) is 0.298. The number of nitrogens with two attached hydrogens (primary N) is 2. The average Bonchev–Trinajstić information content (AvgIpc) is 1.65. The monoisotopic (exact) mass is 154 g/mol. The van der Waals surface area contributed by atoms with Gasteiger partial charge in [-0.05, 0) is 0 Å². The van der Waals surface area contributed by atoms with Crippen LogP contribution in [0, 0.1) is 0 Å². The van der Waals surface area contributed by atoms with E-state index in [0.29, 0.717) is 0 Å². The summed E-state index contributed by atoms with van der Waals surface area (Å²) in [7, 11) is 0. The van der Waals surface area contributed by atoms with Crippen molar-refractivity contribution in [3.05, 3.63) is 0 Å². The number of carbonyl (C=O) groups is 1. The van der Waals surface area contributed by atoms with E-state index in [0.717, 1.165) is 0 Å². The molecule has 7 heavy (non-hydrogen) atoms. The third kappa shape index (κ3) is 6.01. The van der Waals surface area contributed by atoms with Crippen LogP contribution in [0.3, 0.4) is 0 Å². The fourth-order valence-corrected chi connectivity index (χ4v) is 0.0481. The topological polar surface area (TPSA) is 78.3 Å². The van der Waals surface area contributed by atoms with Gasteiger partial charge in [0, 0.05) is 19.5 Å². The summed E-state index contributed by atoms with van der Waals surface area (Å²) >= 11 is 0. The molecule has 0 heterocycles. The molecule has 0 saturated carbocycles. The molecule has 38 valence electrons. The van der Waals surface area contributed by atoms with E-state index in [1.165, 1.54) is 0 Å². The van der Waals surface area contributed by atoms with Gasteiger partial charge in [-0.15, -0.1) is 0 Å². The van der Waals surface area contributed by atoms with Crippen molar-refractivity contribution >= 4 is 5.97 Å². The average molecular weight is 155 g/mol. The Hall–Kier alpha value is 0.0134. The molecule has 0 aromatic heterocycles.